The summed E-state index contributed by atoms with van der Waals surface area (Å²) in [7, 11) is -4.02. The van der Waals surface area contributed by atoms with Crippen molar-refractivity contribution in [3.8, 4) is 11.1 Å². The molecule has 0 aliphatic carbocycles. The second kappa shape index (κ2) is 16.0. The van der Waals surface area contributed by atoms with Crippen LogP contribution in [0.3, 0.4) is 0 Å². The van der Waals surface area contributed by atoms with Crippen LogP contribution >= 0.6 is 11.8 Å². The maximum Gasteiger partial charge on any atom is 0.408 e. The van der Waals surface area contributed by atoms with E-state index in [0.29, 0.717) is 11.3 Å². The summed E-state index contributed by atoms with van der Waals surface area (Å²) in [6, 6.07) is 19.9. The monoisotopic (exact) mass is 699 g/mol. The van der Waals surface area contributed by atoms with Gasteiger partial charge in [-0.05, 0) is 67.6 Å². The van der Waals surface area contributed by atoms with Gasteiger partial charge in [0.05, 0.1) is 17.5 Å². The summed E-state index contributed by atoms with van der Waals surface area (Å²) >= 11 is 1.20. The molecule has 0 saturated carbocycles. The van der Waals surface area contributed by atoms with Crippen LogP contribution in [0.5, 0.6) is 0 Å². The molecule has 4 rings (SSSR count). The molecule has 3 atom stereocenters. The maximum atomic E-state index is 13.8. The van der Waals surface area contributed by atoms with Gasteiger partial charge < -0.3 is 20.1 Å². The zero-order valence-corrected chi connectivity index (χ0v) is 29.3. The van der Waals surface area contributed by atoms with Gasteiger partial charge in [-0.15, -0.1) is 11.8 Å². The molecule has 10 nitrogen and oxygen atoms in total. The number of rotatable bonds is 12. The van der Waals surface area contributed by atoms with Crippen molar-refractivity contribution in [1.29, 1.82) is 0 Å². The summed E-state index contributed by atoms with van der Waals surface area (Å²) < 4.78 is 53.1. The molecule has 0 radical (unpaired) electrons. The van der Waals surface area contributed by atoms with Crippen molar-refractivity contribution in [2.24, 2.45) is 5.92 Å². The van der Waals surface area contributed by atoms with E-state index in [1.165, 1.54) is 52.5 Å². The molecule has 1 aliphatic rings. The summed E-state index contributed by atoms with van der Waals surface area (Å²) in [5.41, 5.74) is 1.60. The van der Waals surface area contributed by atoms with Crippen LogP contribution in [0.4, 0.5) is 9.18 Å². The number of carbonyl (C=O) groups excluding carboxylic acids is 3. The lowest BCUT2D eigenvalue weighted by molar-refractivity contribution is -0.147. The number of esters is 1. The number of halogens is 1. The van der Waals surface area contributed by atoms with Crippen LogP contribution in [0, 0.1) is 11.7 Å². The van der Waals surface area contributed by atoms with Gasteiger partial charge in [0.15, 0.2) is 0 Å². The number of nitrogens with one attached hydrogen (secondary N) is 2. The molecular formula is C35H42FN3O7S2. The van der Waals surface area contributed by atoms with E-state index in [2.05, 4.69) is 10.6 Å². The smallest absolute Gasteiger partial charge is 0.408 e. The number of thioether (sulfide) groups is 1. The largest absolute Gasteiger partial charge is 0.464 e. The Balaban J connectivity index is 1.45. The van der Waals surface area contributed by atoms with Crippen molar-refractivity contribution in [3.05, 3.63) is 90.2 Å². The number of hydrogen-bond donors (Lipinski definition) is 2. The number of alkyl carbamates (subject to hydrolysis) is 1. The quantitative estimate of drug-likeness (QED) is 0.224. The zero-order valence-electron chi connectivity index (χ0n) is 27.6. The molecule has 0 bridgehead atoms. The fraction of sp³-hybridized carbons (Fsp3) is 0.400. The van der Waals surface area contributed by atoms with Gasteiger partial charge >= 0.3 is 12.1 Å². The molecule has 1 fully saturated rings. The average Bonchev–Trinajstić information content (AvgIpc) is 3.55. The highest BCUT2D eigenvalue weighted by Crippen LogP contribution is 2.32. The van der Waals surface area contributed by atoms with Gasteiger partial charge in [-0.25, -0.2) is 22.4 Å². The number of carbonyl (C=O) groups is 3. The minimum Gasteiger partial charge on any atom is -0.464 e. The Morgan fingerprint density at radius 1 is 0.938 bits per heavy atom. The molecular weight excluding hydrogens is 658 g/mol. The first kappa shape index (κ1) is 36.9. The average molecular weight is 700 g/mol. The third-order valence-electron chi connectivity index (χ3n) is 7.47. The minimum absolute atomic E-state index is 0.0733. The molecule has 2 amide bonds. The fourth-order valence-corrected chi connectivity index (χ4v) is 8.14. The van der Waals surface area contributed by atoms with E-state index in [4.69, 9.17) is 9.47 Å². The molecule has 2 unspecified atom stereocenters. The van der Waals surface area contributed by atoms with Gasteiger partial charge in [-0.2, -0.15) is 4.31 Å². The molecule has 258 valence electrons. The highest BCUT2D eigenvalue weighted by molar-refractivity contribution is 8.02. The van der Waals surface area contributed by atoms with Gasteiger partial charge in [0.1, 0.15) is 22.8 Å². The van der Waals surface area contributed by atoms with Crippen LogP contribution in [-0.4, -0.2) is 66.6 Å². The third kappa shape index (κ3) is 9.80. The Morgan fingerprint density at radius 2 is 1.56 bits per heavy atom. The summed E-state index contributed by atoms with van der Waals surface area (Å²) in [5.74, 6) is -1.58. The van der Waals surface area contributed by atoms with Crippen LogP contribution in [-0.2, 0) is 29.1 Å². The second-order valence-electron chi connectivity index (χ2n) is 12.7. The molecule has 1 saturated heterocycles. The van der Waals surface area contributed by atoms with E-state index in [1.54, 1.807) is 46.8 Å². The first-order valence-electron chi connectivity index (χ1n) is 15.7. The van der Waals surface area contributed by atoms with Gasteiger partial charge in [-0.1, -0.05) is 68.4 Å². The van der Waals surface area contributed by atoms with Crippen molar-refractivity contribution in [2.45, 2.75) is 69.0 Å². The standard InChI is InChI=1S/C35H42FN3O7S2/c1-23(2)30(38-34(42)46-35(3,4)5)33(41)45-21-19-29(26-11-15-27(36)16-12-26)37-31(40)32-39(20-22-47-32)48(43,44)28-17-13-25(14-18-28)24-9-7-6-8-10-24/h6-18,23,29-30,32H,19-22H2,1-5H3,(H,37,40)(H,38,42)/t29-,30?,32?/m0/s1. The first-order valence-corrected chi connectivity index (χ1v) is 18.2. The fourth-order valence-electron chi connectivity index (χ4n) is 5.05. The number of hydrogen-bond acceptors (Lipinski definition) is 8. The van der Waals surface area contributed by atoms with Gasteiger partial charge in [0.2, 0.25) is 15.9 Å². The van der Waals surface area contributed by atoms with E-state index in [-0.39, 0.29) is 30.4 Å². The Kier molecular flexibility index (Phi) is 12.3. The number of amides is 2. The van der Waals surface area contributed by atoms with Crippen LogP contribution in [0.15, 0.2) is 83.8 Å². The normalized spacial score (nSPS) is 16.6. The van der Waals surface area contributed by atoms with E-state index in [1.807, 2.05) is 30.3 Å². The predicted octanol–water partition coefficient (Wildman–Crippen LogP) is 5.90. The molecule has 2 N–H and O–H groups in total. The highest BCUT2D eigenvalue weighted by atomic mass is 32.2. The summed E-state index contributed by atoms with van der Waals surface area (Å²) in [6.07, 6.45) is -0.652. The van der Waals surface area contributed by atoms with E-state index in [0.717, 1.165) is 11.1 Å². The number of sulfonamides is 1. The van der Waals surface area contributed by atoms with Crippen molar-refractivity contribution in [2.75, 3.05) is 18.9 Å². The lowest BCUT2D eigenvalue weighted by atomic mass is 10.0. The molecule has 48 heavy (non-hydrogen) atoms. The van der Waals surface area contributed by atoms with Gasteiger partial charge in [0.25, 0.3) is 0 Å². The number of ether oxygens (including phenoxy) is 2. The summed E-state index contributed by atoms with van der Waals surface area (Å²) in [5, 5.41) is 4.40. The minimum atomic E-state index is -4.02. The first-order chi connectivity index (χ1) is 22.7. The zero-order chi connectivity index (χ0) is 35.1. The molecule has 0 spiro atoms. The van der Waals surface area contributed by atoms with Crippen molar-refractivity contribution >= 4 is 39.8 Å². The topological polar surface area (TPSA) is 131 Å². The molecule has 1 heterocycles. The number of nitrogens with zero attached hydrogens (tertiary/aromatic N) is 1. The molecule has 13 heteroatoms. The Hall–Kier alpha value is -3.94. The van der Waals surface area contributed by atoms with Crippen LogP contribution < -0.4 is 10.6 Å². The summed E-state index contributed by atoms with van der Waals surface area (Å²) in [4.78, 5) is 39.0. The molecule has 0 aromatic heterocycles. The highest BCUT2D eigenvalue weighted by Gasteiger charge is 2.41. The van der Waals surface area contributed by atoms with E-state index in [9.17, 15) is 27.2 Å². The molecule has 3 aromatic carbocycles. The predicted molar refractivity (Wildman–Crippen MR) is 183 cm³/mol. The maximum absolute atomic E-state index is 13.8. The van der Waals surface area contributed by atoms with Crippen LogP contribution in [0.1, 0.15) is 52.6 Å². The Morgan fingerprint density at radius 3 is 2.17 bits per heavy atom. The Labute approximate surface area is 285 Å². The van der Waals surface area contributed by atoms with E-state index < -0.39 is 56.9 Å². The second-order valence-corrected chi connectivity index (χ2v) is 15.7. The lowest BCUT2D eigenvalue weighted by Crippen LogP contribution is -2.47. The lowest BCUT2D eigenvalue weighted by Gasteiger charge is -2.26. The number of benzene rings is 3. The van der Waals surface area contributed by atoms with Gasteiger partial charge in [0, 0.05) is 18.7 Å². The molecule has 1 aliphatic heterocycles. The van der Waals surface area contributed by atoms with Crippen molar-refractivity contribution in [1.82, 2.24) is 14.9 Å². The Bertz CT molecular complexity index is 1660. The van der Waals surface area contributed by atoms with Gasteiger partial charge in [-0.3, -0.25) is 4.79 Å². The van der Waals surface area contributed by atoms with Crippen LogP contribution in [0.2, 0.25) is 0 Å². The van der Waals surface area contributed by atoms with Crippen molar-refractivity contribution < 1.29 is 36.7 Å². The third-order valence-corrected chi connectivity index (χ3v) is 10.7. The van der Waals surface area contributed by atoms with Crippen LogP contribution in [0.25, 0.3) is 11.1 Å². The van der Waals surface area contributed by atoms with Crippen molar-refractivity contribution in [3.63, 3.8) is 0 Å². The molecule has 3 aromatic rings. The SMILES string of the molecule is CC(C)C(NC(=O)OC(C)(C)C)C(=O)OCC[C@H](NC(=O)C1SCCN1S(=O)(=O)c1ccc(-c2ccccc2)cc1)c1ccc(F)cc1. The van der Waals surface area contributed by atoms with E-state index >= 15 is 0 Å². The summed E-state index contributed by atoms with van der Waals surface area (Å²) in [6.45, 7) is 8.63.